The molecule has 0 aliphatic carbocycles. The van der Waals surface area contributed by atoms with Crippen LogP contribution in [-0.4, -0.2) is 0 Å². The lowest BCUT2D eigenvalue weighted by Crippen LogP contribution is -1.84. The Morgan fingerprint density at radius 1 is 2.00 bits per heavy atom. The van der Waals surface area contributed by atoms with E-state index in [4.69, 9.17) is 11.6 Å². The van der Waals surface area contributed by atoms with Crippen molar-refractivity contribution in [3.63, 3.8) is 0 Å². The molecule has 1 aliphatic heterocycles. The molecular weight excluding hydrogens is 118 g/mol. The van der Waals surface area contributed by atoms with E-state index < -0.39 is 0 Å². The summed E-state index contributed by atoms with van der Waals surface area (Å²) in [6, 6.07) is 0. The molecule has 0 spiro atoms. The molecule has 1 N–H and O–H groups in total. The fraction of sp³-hybridized carbons (Fsp3) is 0. The van der Waals surface area contributed by atoms with Crippen LogP contribution in [0.15, 0.2) is 10.4 Å². The van der Waals surface area contributed by atoms with Crippen molar-refractivity contribution in [3.05, 3.63) is 17.0 Å². The Hall–Kier alpha value is 0.340. The molecule has 0 aromatic heterocycles. The van der Waals surface area contributed by atoms with E-state index in [0.717, 1.165) is 4.36 Å². The SMILES string of the molecule is ClC1=C[C]NS1. The molecule has 0 bridgehead atoms. The summed E-state index contributed by atoms with van der Waals surface area (Å²) in [5.41, 5.74) is 0. The van der Waals surface area contributed by atoms with Crippen LogP contribution in [0.5, 0.6) is 0 Å². The van der Waals surface area contributed by atoms with Gasteiger partial charge in [0.05, 0.1) is 10.9 Å². The molecule has 2 radical (unpaired) electrons. The summed E-state index contributed by atoms with van der Waals surface area (Å²) in [5.74, 6) is 0. The van der Waals surface area contributed by atoms with E-state index in [2.05, 4.69) is 11.3 Å². The van der Waals surface area contributed by atoms with Crippen LogP contribution in [-0.2, 0) is 0 Å². The van der Waals surface area contributed by atoms with Gasteiger partial charge in [-0.25, -0.2) is 4.72 Å². The van der Waals surface area contributed by atoms with E-state index in [-0.39, 0.29) is 0 Å². The normalized spacial score (nSPS) is 21.2. The van der Waals surface area contributed by atoms with Gasteiger partial charge in [0.2, 0.25) is 0 Å². The molecule has 1 rings (SSSR count). The molecule has 0 saturated heterocycles. The summed E-state index contributed by atoms with van der Waals surface area (Å²) in [6.45, 7) is 2.69. The van der Waals surface area contributed by atoms with Crippen molar-refractivity contribution in [3.8, 4) is 0 Å². The predicted molar refractivity (Wildman–Crippen MR) is 27.9 cm³/mol. The van der Waals surface area contributed by atoms with E-state index in [1.54, 1.807) is 6.08 Å². The molecule has 0 aromatic carbocycles. The third-order valence-corrected chi connectivity index (χ3v) is 1.27. The van der Waals surface area contributed by atoms with E-state index in [0.29, 0.717) is 0 Å². The molecule has 0 saturated carbocycles. The number of halogens is 1. The monoisotopic (exact) mass is 119 g/mol. The Balaban J connectivity index is 2.45. The maximum absolute atomic E-state index is 5.41. The number of hydrogen-bond acceptors (Lipinski definition) is 2. The van der Waals surface area contributed by atoms with Crippen LogP contribution >= 0.6 is 23.5 Å². The summed E-state index contributed by atoms with van der Waals surface area (Å²) in [6.07, 6.45) is 1.69. The maximum Gasteiger partial charge on any atom is 0.0985 e. The van der Waals surface area contributed by atoms with E-state index in [1.807, 2.05) is 0 Å². The van der Waals surface area contributed by atoms with Gasteiger partial charge < -0.3 is 0 Å². The molecule has 1 nitrogen and oxygen atoms in total. The first kappa shape index (κ1) is 4.50. The number of hydrogen-bond donors (Lipinski definition) is 1. The van der Waals surface area contributed by atoms with Crippen LogP contribution in [0.25, 0.3) is 0 Å². The second kappa shape index (κ2) is 1.87. The summed E-state index contributed by atoms with van der Waals surface area (Å²) in [7, 11) is 0. The van der Waals surface area contributed by atoms with Gasteiger partial charge in [0.15, 0.2) is 0 Å². The molecule has 0 fully saturated rings. The molecule has 32 valence electrons. The highest BCUT2D eigenvalue weighted by molar-refractivity contribution is 8.03. The molecule has 0 atom stereocenters. The molecule has 6 heavy (non-hydrogen) atoms. The Kier molecular flexibility index (Phi) is 1.40. The zero-order valence-electron chi connectivity index (χ0n) is 2.86. The average molecular weight is 120 g/mol. The maximum atomic E-state index is 5.41. The van der Waals surface area contributed by atoms with Crippen LogP contribution in [0.4, 0.5) is 0 Å². The van der Waals surface area contributed by atoms with Crippen LogP contribution in [0.2, 0.25) is 0 Å². The quantitative estimate of drug-likeness (QED) is 0.484. The molecule has 3 heteroatoms. The van der Waals surface area contributed by atoms with Crippen LogP contribution < -0.4 is 4.72 Å². The van der Waals surface area contributed by atoms with Crippen molar-refractivity contribution in [1.82, 2.24) is 4.72 Å². The largest absolute Gasteiger partial charge is 0.244 e. The lowest BCUT2D eigenvalue weighted by molar-refractivity contribution is 1.33. The lowest BCUT2D eigenvalue weighted by Gasteiger charge is -1.79. The van der Waals surface area contributed by atoms with Gasteiger partial charge in [-0.1, -0.05) is 11.6 Å². The third-order valence-electron chi connectivity index (χ3n) is 0.393. The first-order chi connectivity index (χ1) is 2.89. The highest BCUT2D eigenvalue weighted by Gasteiger charge is 1.98. The van der Waals surface area contributed by atoms with E-state index in [1.165, 1.54) is 11.9 Å². The van der Waals surface area contributed by atoms with Crippen molar-refractivity contribution in [1.29, 1.82) is 0 Å². The summed E-state index contributed by atoms with van der Waals surface area (Å²) < 4.78 is 3.46. The predicted octanol–water partition coefficient (Wildman–Crippen LogP) is 1.36. The zero-order valence-corrected chi connectivity index (χ0v) is 4.44. The standard InChI is InChI=1S/C3H2ClNS/c4-3-1-2-5-6-3/h1,5H. The van der Waals surface area contributed by atoms with Crippen LogP contribution in [0.3, 0.4) is 0 Å². The number of nitrogens with one attached hydrogen (secondary N) is 1. The van der Waals surface area contributed by atoms with Gasteiger partial charge in [-0.05, 0) is 18.0 Å². The summed E-state index contributed by atoms with van der Waals surface area (Å²) in [5, 5.41) is 0. The second-order valence-electron chi connectivity index (χ2n) is 0.797. The lowest BCUT2D eigenvalue weighted by atomic mass is 10.7. The Labute approximate surface area is 45.9 Å². The Morgan fingerprint density at radius 2 is 2.83 bits per heavy atom. The Morgan fingerprint density at radius 3 is 3.00 bits per heavy atom. The van der Waals surface area contributed by atoms with Crippen molar-refractivity contribution in [2.45, 2.75) is 0 Å². The Bertz CT molecular complexity index is 80.9. The van der Waals surface area contributed by atoms with E-state index >= 15 is 0 Å². The fourth-order valence-corrected chi connectivity index (χ4v) is 0.697. The summed E-state index contributed by atoms with van der Waals surface area (Å²) >= 11 is 6.77. The average Bonchev–Trinajstić information content (AvgIpc) is 1.86. The first-order valence-electron chi connectivity index (χ1n) is 1.42. The van der Waals surface area contributed by atoms with Gasteiger partial charge in [0.1, 0.15) is 0 Å². The highest BCUT2D eigenvalue weighted by atomic mass is 35.5. The van der Waals surface area contributed by atoms with Gasteiger partial charge in [-0.3, -0.25) is 0 Å². The van der Waals surface area contributed by atoms with Gasteiger partial charge in [-0.15, -0.1) is 0 Å². The molecule has 1 aliphatic rings. The minimum absolute atomic E-state index is 0.745. The van der Waals surface area contributed by atoms with Crippen molar-refractivity contribution in [2.75, 3.05) is 0 Å². The summed E-state index contributed by atoms with van der Waals surface area (Å²) in [4.78, 5) is 0. The first-order valence-corrected chi connectivity index (χ1v) is 2.62. The van der Waals surface area contributed by atoms with Crippen LogP contribution in [0.1, 0.15) is 0 Å². The molecule has 0 unspecified atom stereocenters. The van der Waals surface area contributed by atoms with Crippen LogP contribution in [0, 0.1) is 6.54 Å². The van der Waals surface area contributed by atoms with Gasteiger partial charge in [0.25, 0.3) is 0 Å². The number of rotatable bonds is 0. The zero-order chi connectivity index (χ0) is 4.41. The van der Waals surface area contributed by atoms with Gasteiger partial charge in [-0.2, -0.15) is 0 Å². The second-order valence-corrected chi connectivity index (χ2v) is 2.28. The van der Waals surface area contributed by atoms with Crippen molar-refractivity contribution in [2.24, 2.45) is 0 Å². The fourth-order valence-electron chi connectivity index (χ4n) is 0.194. The topological polar surface area (TPSA) is 12.0 Å². The van der Waals surface area contributed by atoms with Crippen molar-refractivity contribution < 1.29 is 0 Å². The smallest absolute Gasteiger partial charge is 0.0985 e. The molecule has 1 heterocycles. The molecule has 0 amide bonds. The molecular formula is C3H2ClNS. The minimum atomic E-state index is 0.745. The highest BCUT2D eigenvalue weighted by Crippen LogP contribution is 2.21. The third kappa shape index (κ3) is 0.899. The minimum Gasteiger partial charge on any atom is -0.244 e. The van der Waals surface area contributed by atoms with E-state index in [9.17, 15) is 0 Å². The van der Waals surface area contributed by atoms with Crippen molar-refractivity contribution >= 4 is 23.5 Å². The van der Waals surface area contributed by atoms with Gasteiger partial charge in [0, 0.05) is 0 Å². The van der Waals surface area contributed by atoms with Gasteiger partial charge >= 0.3 is 0 Å². The molecule has 0 aromatic rings.